The van der Waals surface area contributed by atoms with Crippen molar-refractivity contribution in [3.05, 3.63) is 17.8 Å². The lowest BCUT2D eigenvalue weighted by Crippen LogP contribution is -2.40. The fourth-order valence-electron chi connectivity index (χ4n) is 2.31. The summed E-state index contributed by atoms with van der Waals surface area (Å²) >= 11 is 0. The Morgan fingerprint density at radius 3 is 3.22 bits per heavy atom. The number of nitrogens with two attached hydrogens (primary N) is 1. The lowest BCUT2D eigenvalue weighted by Gasteiger charge is -2.33. The molecule has 0 saturated carbocycles. The van der Waals surface area contributed by atoms with E-state index >= 15 is 0 Å². The molecule has 5 heteroatoms. The molecule has 1 aliphatic heterocycles. The zero-order valence-corrected chi connectivity index (χ0v) is 10.6. The number of hydrogen-bond acceptors (Lipinski definition) is 5. The minimum atomic E-state index is 0.231. The van der Waals surface area contributed by atoms with Crippen LogP contribution in [0.4, 0.5) is 11.5 Å². The van der Waals surface area contributed by atoms with Crippen LogP contribution in [0.15, 0.2) is 12.3 Å². The van der Waals surface area contributed by atoms with E-state index in [1.54, 1.807) is 12.3 Å². The molecule has 1 aromatic rings. The summed E-state index contributed by atoms with van der Waals surface area (Å²) in [6.07, 6.45) is 3.96. The number of rotatable bonds is 3. The fourth-order valence-corrected chi connectivity index (χ4v) is 2.31. The number of ether oxygens (including phenoxy) is 1. The smallest absolute Gasteiger partial charge is 0.146 e. The van der Waals surface area contributed by atoms with E-state index < -0.39 is 0 Å². The Kier molecular flexibility index (Phi) is 4.00. The zero-order chi connectivity index (χ0) is 13.0. The van der Waals surface area contributed by atoms with Crippen molar-refractivity contribution in [2.75, 3.05) is 30.3 Å². The first kappa shape index (κ1) is 12.7. The second-order valence-corrected chi connectivity index (χ2v) is 4.42. The molecule has 2 heterocycles. The minimum absolute atomic E-state index is 0.231. The Morgan fingerprint density at radius 1 is 1.67 bits per heavy atom. The van der Waals surface area contributed by atoms with Crippen LogP contribution in [-0.4, -0.2) is 30.8 Å². The van der Waals surface area contributed by atoms with Crippen molar-refractivity contribution >= 4 is 11.5 Å². The van der Waals surface area contributed by atoms with Crippen LogP contribution in [0.5, 0.6) is 0 Å². The van der Waals surface area contributed by atoms with Gasteiger partial charge in [0.1, 0.15) is 11.9 Å². The summed E-state index contributed by atoms with van der Waals surface area (Å²) in [5.41, 5.74) is 6.71. The predicted molar refractivity (Wildman–Crippen MR) is 70.2 cm³/mol. The molecule has 0 amide bonds. The lowest BCUT2D eigenvalue weighted by atomic mass is 10.1. The molecule has 1 saturated heterocycles. The van der Waals surface area contributed by atoms with E-state index in [2.05, 4.69) is 16.0 Å². The minimum Gasteiger partial charge on any atom is -0.397 e. The summed E-state index contributed by atoms with van der Waals surface area (Å²) < 4.78 is 5.65. The Labute approximate surface area is 107 Å². The summed E-state index contributed by atoms with van der Waals surface area (Å²) in [5, 5.41) is 9.14. The highest BCUT2D eigenvalue weighted by molar-refractivity contribution is 5.59. The third-order valence-corrected chi connectivity index (χ3v) is 3.09. The van der Waals surface area contributed by atoms with Gasteiger partial charge in [0.25, 0.3) is 0 Å². The maximum atomic E-state index is 9.14. The van der Waals surface area contributed by atoms with Gasteiger partial charge in [-0.3, -0.25) is 0 Å². The van der Waals surface area contributed by atoms with E-state index in [9.17, 15) is 0 Å². The van der Waals surface area contributed by atoms with Gasteiger partial charge in [-0.1, -0.05) is 0 Å². The molecule has 1 unspecified atom stereocenters. The van der Waals surface area contributed by atoms with Gasteiger partial charge in [0.05, 0.1) is 23.6 Å². The predicted octanol–water partition coefficient (Wildman–Crippen LogP) is 1.54. The summed E-state index contributed by atoms with van der Waals surface area (Å²) in [5.74, 6) is 0.719. The van der Waals surface area contributed by atoms with Gasteiger partial charge in [0, 0.05) is 19.7 Å². The molecule has 96 valence electrons. The molecule has 1 aliphatic rings. The second-order valence-electron chi connectivity index (χ2n) is 4.42. The van der Waals surface area contributed by atoms with Crippen molar-refractivity contribution < 1.29 is 4.74 Å². The van der Waals surface area contributed by atoms with Gasteiger partial charge in [-0.05, 0) is 25.8 Å². The van der Waals surface area contributed by atoms with E-state index in [1.165, 1.54) is 0 Å². The normalized spacial score (nSPS) is 19.6. The van der Waals surface area contributed by atoms with E-state index in [0.717, 1.165) is 38.4 Å². The van der Waals surface area contributed by atoms with Crippen LogP contribution in [0.1, 0.15) is 25.3 Å². The fraction of sp³-hybridized carbons (Fsp3) is 0.538. The highest BCUT2D eigenvalue weighted by Crippen LogP contribution is 2.23. The largest absolute Gasteiger partial charge is 0.397 e. The van der Waals surface area contributed by atoms with E-state index in [4.69, 9.17) is 15.7 Å². The van der Waals surface area contributed by atoms with Crippen molar-refractivity contribution in [2.24, 2.45) is 0 Å². The van der Waals surface area contributed by atoms with Crippen molar-refractivity contribution in [3.63, 3.8) is 0 Å². The molecule has 18 heavy (non-hydrogen) atoms. The molecule has 1 fully saturated rings. The molecule has 0 aliphatic carbocycles. The topological polar surface area (TPSA) is 75.2 Å². The second kappa shape index (κ2) is 5.69. The van der Waals surface area contributed by atoms with Gasteiger partial charge in [-0.15, -0.1) is 0 Å². The third-order valence-electron chi connectivity index (χ3n) is 3.09. The van der Waals surface area contributed by atoms with Crippen LogP contribution in [0.25, 0.3) is 0 Å². The summed E-state index contributed by atoms with van der Waals surface area (Å²) in [6, 6.07) is 3.83. The van der Waals surface area contributed by atoms with Crippen LogP contribution >= 0.6 is 0 Å². The first-order valence-electron chi connectivity index (χ1n) is 6.26. The molecule has 5 nitrogen and oxygen atoms in total. The van der Waals surface area contributed by atoms with Crippen LogP contribution in [-0.2, 0) is 4.74 Å². The SMILES string of the molecule is CCOC1CCCN(c2ncc(N)cc2C#N)C1. The number of nitrogen functional groups attached to an aromatic ring is 1. The van der Waals surface area contributed by atoms with Gasteiger partial charge in [0.15, 0.2) is 0 Å². The van der Waals surface area contributed by atoms with Gasteiger partial charge in [-0.25, -0.2) is 4.98 Å². The molecule has 0 bridgehead atoms. The lowest BCUT2D eigenvalue weighted by molar-refractivity contribution is 0.0525. The standard InChI is InChI=1S/C13H18N4O/c1-2-18-12-4-3-5-17(9-12)13-10(7-14)6-11(15)8-16-13/h6,8,12H,2-5,9,15H2,1H3. The van der Waals surface area contributed by atoms with Crippen molar-refractivity contribution in [1.29, 1.82) is 5.26 Å². The van der Waals surface area contributed by atoms with Crippen LogP contribution in [0, 0.1) is 11.3 Å². The van der Waals surface area contributed by atoms with Crippen molar-refractivity contribution in [1.82, 2.24) is 4.98 Å². The maximum Gasteiger partial charge on any atom is 0.146 e. The number of piperidine rings is 1. The van der Waals surface area contributed by atoms with Gasteiger partial charge < -0.3 is 15.4 Å². The molecular weight excluding hydrogens is 228 g/mol. The molecule has 0 spiro atoms. The zero-order valence-electron chi connectivity index (χ0n) is 10.6. The van der Waals surface area contributed by atoms with E-state index in [1.807, 2.05) is 6.92 Å². The van der Waals surface area contributed by atoms with E-state index in [0.29, 0.717) is 11.3 Å². The first-order valence-corrected chi connectivity index (χ1v) is 6.26. The van der Waals surface area contributed by atoms with Crippen LogP contribution in [0.3, 0.4) is 0 Å². The van der Waals surface area contributed by atoms with E-state index in [-0.39, 0.29) is 6.10 Å². The highest BCUT2D eigenvalue weighted by atomic mass is 16.5. The molecule has 1 aromatic heterocycles. The Balaban J connectivity index is 2.18. The van der Waals surface area contributed by atoms with Crippen molar-refractivity contribution in [2.45, 2.75) is 25.9 Å². The summed E-state index contributed by atoms with van der Waals surface area (Å²) in [4.78, 5) is 6.40. The number of pyridine rings is 1. The molecule has 0 radical (unpaired) electrons. The molecule has 0 aromatic carbocycles. The van der Waals surface area contributed by atoms with Gasteiger partial charge in [0.2, 0.25) is 0 Å². The number of nitriles is 1. The Hall–Kier alpha value is -1.80. The van der Waals surface area contributed by atoms with Gasteiger partial charge >= 0.3 is 0 Å². The highest BCUT2D eigenvalue weighted by Gasteiger charge is 2.22. The number of hydrogen-bond donors (Lipinski definition) is 1. The maximum absolute atomic E-state index is 9.14. The first-order chi connectivity index (χ1) is 8.74. The molecule has 1 atom stereocenters. The Morgan fingerprint density at radius 2 is 2.50 bits per heavy atom. The average Bonchev–Trinajstić information content (AvgIpc) is 2.39. The Bertz CT molecular complexity index is 453. The summed E-state index contributed by atoms with van der Waals surface area (Å²) in [6.45, 7) is 4.43. The van der Waals surface area contributed by atoms with Crippen molar-refractivity contribution in [3.8, 4) is 6.07 Å². The summed E-state index contributed by atoms with van der Waals surface area (Å²) in [7, 11) is 0. The van der Waals surface area contributed by atoms with Gasteiger partial charge in [-0.2, -0.15) is 5.26 Å². The third kappa shape index (κ3) is 2.71. The molecule has 2 N–H and O–H groups in total. The average molecular weight is 246 g/mol. The monoisotopic (exact) mass is 246 g/mol. The van der Waals surface area contributed by atoms with Crippen LogP contribution in [0.2, 0.25) is 0 Å². The number of anilines is 2. The molecule has 2 rings (SSSR count). The number of nitrogens with zero attached hydrogens (tertiary/aromatic N) is 3. The quantitative estimate of drug-likeness (QED) is 0.875. The molecular formula is C13H18N4O. The number of aromatic nitrogens is 1. The van der Waals surface area contributed by atoms with Crippen LogP contribution < -0.4 is 10.6 Å².